The van der Waals surface area contributed by atoms with Crippen molar-refractivity contribution >= 4 is 28.5 Å². The summed E-state index contributed by atoms with van der Waals surface area (Å²) in [5, 5.41) is 9.65. The van der Waals surface area contributed by atoms with E-state index >= 15 is 0 Å². The fourth-order valence-corrected chi connectivity index (χ4v) is 3.50. The van der Waals surface area contributed by atoms with Crippen LogP contribution >= 0.6 is 15.9 Å². The van der Waals surface area contributed by atoms with Crippen LogP contribution < -0.4 is 14.9 Å². The van der Waals surface area contributed by atoms with Gasteiger partial charge in [0.2, 0.25) is 0 Å². The maximum absolute atomic E-state index is 9.65. The number of hydrogen-bond donors (Lipinski definition) is 1. The van der Waals surface area contributed by atoms with Crippen molar-refractivity contribution in [3.8, 4) is 17.2 Å². The lowest BCUT2D eigenvalue weighted by Crippen LogP contribution is -2.41. The maximum atomic E-state index is 9.65. The second-order valence-corrected chi connectivity index (χ2v) is 9.69. The molecule has 0 aromatic heterocycles. The minimum atomic E-state index is -0.695. The number of benzene rings is 3. The van der Waals surface area contributed by atoms with Gasteiger partial charge in [-0.3, -0.25) is 0 Å². The monoisotopic (exact) mass is 496 g/mol. The van der Waals surface area contributed by atoms with Crippen molar-refractivity contribution in [1.29, 1.82) is 0 Å². The number of phenolic OH excluding ortho intramolecular Hbond substituents is 1. The molecule has 1 fully saturated rings. The first-order valence-corrected chi connectivity index (χ1v) is 11.3. The molecule has 1 unspecified atom stereocenters. The van der Waals surface area contributed by atoms with Crippen LogP contribution in [0, 0.1) is 0 Å². The minimum Gasteiger partial charge on any atom is -0.508 e. The summed E-state index contributed by atoms with van der Waals surface area (Å²) < 4.78 is 25.5. The van der Waals surface area contributed by atoms with Gasteiger partial charge in [0.1, 0.15) is 17.2 Å². The Bertz CT molecular complexity index is 1030. The molecule has 1 saturated heterocycles. The van der Waals surface area contributed by atoms with Crippen molar-refractivity contribution in [2.24, 2.45) is 0 Å². The zero-order valence-electron chi connectivity index (χ0n) is 18.5. The van der Waals surface area contributed by atoms with Gasteiger partial charge in [-0.1, -0.05) is 28.1 Å². The number of phenols is 1. The summed E-state index contributed by atoms with van der Waals surface area (Å²) >= 11 is 3.43. The Morgan fingerprint density at radius 3 is 1.72 bits per heavy atom. The largest absolute Gasteiger partial charge is 0.508 e. The third-order valence-electron chi connectivity index (χ3n) is 5.87. The molecule has 5 nitrogen and oxygen atoms in total. The van der Waals surface area contributed by atoms with Crippen LogP contribution in [0.15, 0.2) is 77.3 Å². The van der Waals surface area contributed by atoms with E-state index < -0.39 is 24.6 Å². The van der Waals surface area contributed by atoms with Crippen molar-refractivity contribution in [1.82, 2.24) is 0 Å². The number of hydrogen-bond acceptors (Lipinski definition) is 5. The summed E-state index contributed by atoms with van der Waals surface area (Å²) in [7, 11) is -0.430. The summed E-state index contributed by atoms with van der Waals surface area (Å²) in [5.41, 5.74) is 0.914. The first-order valence-electron chi connectivity index (χ1n) is 10.5. The van der Waals surface area contributed by atoms with Gasteiger partial charge in [-0.05, 0) is 93.8 Å². The van der Waals surface area contributed by atoms with Crippen LogP contribution in [0.3, 0.4) is 0 Å². The van der Waals surface area contributed by atoms with Crippen molar-refractivity contribution in [2.45, 2.75) is 45.2 Å². The van der Waals surface area contributed by atoms with E-state index in [1.54, 1.807) is 24.3 Å². The molecule has 3 aromatic rings. The molecule has 0 radical (unpaired) electrons. The third kappa shape index (κ3) is 4.95. The molecule has 1 aliphatic heterocycles. The Morgan fingerprint density at radius 1 is 0.750 bits per heavy atom. The molecule has 0 amide bonds. The first-order chi connectivity index (χ1) is 15.1. The minimum absolute atomic E-state index is 0.183. The highest BCUT2D eigenvalue weighted by molar-refractivity contribution is 9.10. The first kappa shape index (κ1) is 22.7. The molecule has 3 aromatic carbocycles. The summed E-state index contributed by atoms with van der Waals surface area (Å²) in [6.07, 6.45) is -0.695. The van der Waals surface area contributed by atoms with E-state index in [4.69, 9.17) is 18.8 Å². The molecule has 1 atom stereocenters. The predicted molar refractivity (Wildman–Crippen MR) is 128 cm³/mol. The topological polar surface area (TPSA) is 57.2 Å². The highest BCUT2D eigenvalue weighted by Crippen LogP contribution is 2.36. The number of aromatic hydroxyl groups is 1. The van der Waals surface area contributed by atoms with Gasteiger partial charge in [-0.25, -0.2) is 0 Å². The van der Waals surface area contributed by atoms with E-state index in [-0.39, 0.29) is 5.75 Å². The van der Waals surface area contributed by atoms with Gasteiger partial charge < -0.3 is 23.9 Å². The van der Waals surface area contributed by atoms with Crippen molar-refractivity contribution in [3.63, 3.8) is 0 Å². The van der Waals surface area contributed by atoms with Crippen LogP contribution in [0.4, 0.5) is 0 Å². The van der Waals surface area contributed by atoms with Gasteiger partial charge in [-0.2, -0.15) is 0 Å². The Morgan fingerprint density at radius 2 is 1.22 bits per heavy atom. The van der Waals surface area contributed by atoms with E-state index in [1.165, 1.54) is 0 Å². The molecule has 0 spiro atoms. The summed E-state index contributed by atoms with van der Waals surface area (Å²) in [6.45, 7) is 8.14. The van der Waals surface area contributed by atoms with E-state index in [2.05, 4.69) is 15.9 Å². The molecule has 0 aliphatic carbocycles. The Balaban J connectivity index is 1.53. The van der Waals surface area contributed by atoms with Gasteiger partial charge in [0.25, 0.3) is 6.29 Å². The molecule has 166 valence electrons. The fraction of sp³-hybridized carbons (Fsp3) is 0.280. The van der Waals surface area contributed by atoms with E-state index in [0.29, 0.717) is 11.5 Å². The standard InChI is InChI=1S/C25H26BBrO5/c1-24(2)25(3,4)32-26(31-24)18-7-13-21(14-8-18)29-23(17-5-11-20(28)12-6-17)30-22-15-9-19(27)10-16-22/h5-16,23,28H,1-4H3. The predicted octanol–water partition coefficient (Wildman–Crippen LogP) is 5.61. The fourth-order valence-electron chi connectivity index (χ4n) is 3.23. The Labute approximate surface area is 197 Å². The van der Waals surface area contributed by atoms with Gasteiger partial charge in [-0.15, -0.1) is 0 Å². The van der Waals surface area contributed by atoms with Gasteiger partial charge >= 0.3 is 7.12 Å². The SMILES string of the molecule is CC1(C)OB(c2ccc(OC(Oc3ccc(Br)cc3)c3ccc(O)cc3)cc2)OC1(C)C. The van der Waals surface area contributed by atoms with Crippen LogP contribution in [-0.4, -0.2) is 23.4 Å². The van der Waals surface area contributed by atoms with Crippen molar-refractivity contribution in [3.05, 3.63) is 82.8 Å². The normalized spacial score (nSPS) is 17.7. The lowest BCUT2D eigenvalue weighted by Gasteiger charge is -2.32. The zero-order valence-corrected chi connectivity index (χ0v) is 20.1. The van der Waals surface area contributed by atoms with Crippen LogP contribution in [0.5, 0.6) is 17.2 Å². The van der Waals surface area contributed by atoms with Gasteiger partial charge in [0.05, 0.1) is 11.2 Å². The quantitative estimate of drug-likeness (QED) is 0.355. The summed E-state index contributed by atoms with van der Waals surface area (Å²) in [6, 6.07) is 21.9. The van der Waals surface area contributed by atoms with Gasteiger partial charge in [0.15, 0.2) is 0 Å². The highest BCUT2D eigenvalue weighted by Gasteiger charge is 2.51. The van der Waals surface area contributed by atoms with Crippen LogP contribution in [0.25, 0.3) is 0 Å². The second kappa shape index (κ2) is 8.81. The maximum Gasteiger partial charge on any atom is 0.494 e. The lowest BCUT2D eigenvalue weighted by atomic mass is 9.79. The third-order valence-corrected chi connectivity index (χ3v) is 6.40. The van der Waals surface area contributed by atoms with E-state index in [9.17, 15) is 5.11 Å². The highest BCUT2D eigenvalue weighted by atomic mass is 79.9. The number of halogens is 1. The summed E-state index contributed by atoms with van der Waals surface area (Å²) in [5.74, 6) is 1.49. The molecule has 4 rings (SSSR count). The van der Waals surface area contributed by atoms with Crippen LogP contribution in [0.1, 0.15) is 39.5 Å². The molecule has 1 N–H and O–H groups in total. The van der Waals surface area contributed by atoms with Crippen molar-refractivity contribution in [2.75, 3.05) is 0 Å². The van der Waals surface area contributed by atoms with Crippen molar-refractivity contribution < 1.29 is 23.9 Å². The molecular weight excluding hydrogens is 471 g/mol. The molecule has 0 bridgehead atoms. The zero-order chi connectivity index (χ0) is 22.9. The second-order valence-electron chi connectivity index (χ2n) is 8.77. The Hall–Kier alpha value is -2.48. The summed E-state index contributed by atoms with van der Waals surface area (Å²) in [4.78, 5) is 0. The van der Waals surface area contributed by atoms with Crippen LogP contribution in [-0.2, 0) is 9.31 Å². The molecule has 7 heteroatoms. The average molecular weight is 497 g/mol. The molecule has 1 heterocycles. The molecule has 32 heavy (non-hydrogen) atoms. The average Bonchev–Trinajstić information content (AvgIpc) is 2.97. The smallest absolute Gasteiger partial charge is 0.494 e. The molecular formula is C25H26BBrO5. The molecule has 0 saturated carbocycles. The Kier molecular flexibility index (Phi) is 6.25. The van der Waals surface area contributed by atoms with Crippen LogP contribution in [0.2, 0.25) is 0 Å². The van der Waals surface area contributed by atoms with E-state index in [1.807, 2.05) is 76.2 Å². The molecule has 1 aliphatic rings. The van der Waals surface area contributed by atoms with Gasteiger partial charge in [0, 0.05) is 10.0 Å². The number of ether oxygens (including phenoxy) is 2. The lowest BCUT2D eigenvalue weighted by molar-refractivity contribution is 0.00380. The number of rotatable bonds is 6. The van der Waals surface area contributed by atoms with E-state index in [0.717, 1.165) is 15.5 Å².